The van der Waals surface area contributed by atoms with Gasteiger partial charge in [-0.1, -0.05) is 0 Å². The Hall–Kier alpha value is 0.540. The van der Waals surface area contributed by atoms with Crippen LogP contribution in [-0.2, 0) is 0 Å². The molecule has 0 aliphatic rings. The van der Waals surface area contributed by atoms with E-state index in [1.54, 1.807) is 0 Å². The molecule has 3 heteroatoms. The predicted molar refractivity (Wildman–Crippen MR) is 36.2 cm³/mol. The molecule has 1 atom stereocenters. The lowest BCUT2D eigenvalue weighted by Gasteiger charge is -1.95. The van der Waals surface area contributed by atoms with Crippen molar-refractivity contribution in [1.82, 2.24) is 0 Å². The molecule has 0 aromatic heterocycles. The second-order valence-corrected chi connectivity index (χ2v) is 1.83. The van der Waals surface area contributed by atoms with E-state index in [-0.39, 0.29) is 18.4 Å². The number of halogens is 2. The molecule has 2 N–H and O–H groups in total. The summed E-state index contributed by atoms with van der Waals surface area (Å²) in [7, 11) is 0. The van der Waals surface area contributed by atoms with Crippen molar-refractivity contribution < 1.29 is 0 Å². The number of hydrogen-bond acceptors (Lipinski definition) is 1. The summed E-state index contributed by atoms with van der Waals surface area (Å²) in [5.41, 5.74) is 5.32. The van der Waals surface area contributed by atoms with Crippen LogP contribution in [0.3, 0.4) is 0 Å². The van der Waals surface area contributed by atoms with E-state index >= 15 is 0 Å². The van der Waals surface area contributed by atoms with Crippen molar-refractivity contribution in [2.45, 2.75) is 19.4 Å². The normalized spacial score (nSPS) is 12.4. The zero-order valence-corrected chi connectivity index (χ0v) is 5.93. The number of rotatable bonds is 2. The van der Waals surface area contributed by atoms with Gasteiger partial charge in [0.15, 0.2) is 0 Å². The molecule has 0 aromatic rings. The topological polar surface area (TPSA) is 26.0 Å². The van der Waals surface area contributed by atoms with Crippen molar-refractivity contribution in [2.24, 2.45) is 5.73 Å². The summed E-state index contributed by atoms with van der Waals surface area (Å²) in [6.07, 6.45) is 0.918. The van der Waals surface area contributed by atoms with E-state index in [9.17, 15) is 0 Å². The predicted octanol–water partition coefficient (Wildman–Crippen LogP) is 1.38. The number of hydrogen-bond donors (Lipinski definition) is 1. The zero-order valence-electron chi connectivity index (χ0n) is 4.36. The van der Waals surface area contributed by atoms with Gasteiger partial charge >= 0.3 is 0 Å². The molecule has 0 spiro atoms. The maximum absolute atomic E-state index is 5.32. The largest absolute Gasteiger partial charge is 0.328 e. The Morgan fingerprint density at radius 1 is 1.71 bits per heavy atom. The Morgan fingerprint density at radius 3 is 2.14 bits per heavy atom. The molecule has 0 bridgehead atoms. The van der Waals surface area contributed by atoms with E-state index in [1.807, 2.05) is 6.92 Å². The molecule has 7 heavy (non-hydrogen) atoms. The monoisotopic (exact) mass is 143 g/mol. The van der Waals surface area contributed by atoms with Crippen LogP contribution >= 0.6 is 24.0 Å². The molecule has 0 aliphatic heterocycles. The molecule has 0 amide bonds. The van der Waals surface area contributed by atoms with Crippen molar-refractivity contribution in [1.29, 1.82) is 0 Å². The standard InChI is InChI=1S/C4H10ClN.ClH/c1-4(6)2-3-5;/h4H,2-3,6H2,1H3;1H/t4-;/m1./s1. The minimum atomic E-state index is 0. The number of alkyl halides is 1. The second kappa shape index (κ2) is 6.54. The van der Waals surface area contributed by atoms with Crippen LogP contribution in [0.25, 0.3) is 0 Å². The summed E-state index contributed by atoms with van der Waals surface area (Å²) in [6.45, 7) is 1.95. The fraction of sp³-hybridized carbons (Fsp3) is 1.00. The lowest BCUT2D eigenvalue weighted by Crippen LogP contribution is -2.14. The third-order valence-electron chi connectivity index (χ3n) is 0.564. The highest BCUT2D eigenvalue weighted by molar-refractivity contribution is 6.17. The van der Waals surface area contributed by atoms with Crippen LogP contribution in [0.1, 0.15) is 13.3 Å². The summed E-state index contributed by atoms with van der Waals surface area (Å²) in [4.78, 5) is 0. The average molecular weight is 144 g/mol. The Labute approximate surface area is 55.6 Å². The molecule has 46 valence electrons. The van der Waals surface area contributed by atoms with Gasteiger partial charge in [-0.15, -0.1) is 24.0 Å². The minimum absolute atomic E-state index is 0. The Morgan fingerprint density at radius 2 is 2.14 bits per heavy atom. The summed E-state index contributed by atoms with van der Waals surface area (Å²) >= 11 is 5.32. The van der Waals surface area contributed by atoms with E-state index in [1.165, 1.54) is 0 Å². The molecule has 0 heterocycles. The number of nitrogens with two attached hydrogens (primary N) is 1. The fourth-order valence-electron chi connectivity index (χ4n) is 0.172. The first kappa shape index (κ1) is 10.5. The molecule has 0 saturated carbocycles. The first-order valence-electron chi connectivity index (χ1n) is 2.09. The van der Waals surface area contributed by atoms with Crippen molar-refractivity contribution in [3.63, 3.8) is 0 Å². The van der Waals surface area contributed by atoms with Gasteiger partial charge in [0.25, 0.3) is 0 Å². The summed E-state index contributed by atoms with van der Waals surface area (Å²) in [6, 6.07) is 0.266. The molecule has 0 aliphatic carbocycles. The van der Waals surface area contributed by atoms with Gasteiger partial charge in [-0.05, 0) is 13.3 Å². The molecule has 0 saturated heterocycles. The first-order chi connectivity index (χ1) is 2.77. The molecule has 0 rings (SSSR count). The summed E-state index contributed by atoms with van der Waals surface area (Å²) in [5, 5.41) is 0. The van der Waals surface area contributed by atoms with Crippen LogP contribution < -0.4 is 5.73 Å². The van der Waals surface area contributed by atoms with Crippen LogP contribution in [0.15, 0.2) is 0 Å². The Bertz CT molecular complexity index is 30.9. The molecule has 0 fully saturated rings. The van der Waals surface area contributed by atoms with Gasteiger partial charge in [0, 0.05) is 11.9 Å². The van der Waals surface area contributed by atoms with E-state index < -0.39 is 0 Å². The van der Waals surface area contributed by atoms with Crippen molar-refractivity contribution in [3.05, 3.63) is 0 Å². The van der Waals surface area contributed by atoms with Gasteiger partial charge in [-0.25, -0.2) is 0 Å². The van der Waals surface area contributed by atoms with Crippen LogP contribution in [-0.4, -0.2) is 11.9 Å². The highest BCUT2D eigenvalue weighted by Gasteiger charge is 1.86. The van der Waals surface area contributed by atoms with Gasteiger partial charge in [-0.3, -0.25) is 0 Å². The van der Waals surface area contributed by atoms with Crippen molar-refractivity contribution in [2.75, 3.05) is 5.88 Å². The first-order valence-corrected chi connectivity index (χ1v) is 2.62. The highest BCUT2D eigenvalue weighted by Crippen LogP contribution is 1.86. The van der Waals surface area contributed by atoms with E-state index in [2.05, 4.69) is 0 Å². The van der Waals surface area contributed by atoms with E-state index in [0.717, 1.165) is 6.42 Å². The average Bonchev–Trinajstić information content (AvgIpc) is 1.35. The molecule has 0 radical (unpaired) electrons. The lowest BCUT2D eigenvalue weighted by molar-refractivity contribution is 0.719. The Kier molecular flexibility index (Phi) is 9.82. The summed E-state index contributed by atoms with van der Waals surface area (Å²) < 4.78 is 0. The SMILES string of the molecule is C[C@@H](N)CCCl.Cl. The van der Waals surface area contributed by atoms with Gasteiger partial charge in [0.1, 0.15) is 0 Å². The maximum atomic E-state index is 5.32. The smallest absolute Gasteiger partial charge is 0.0238 e. The molecule has 0 aromatic carbocycles. The van der Waals surface area contributed by atoms with Gasteiger partial charge in [-0.2, -0.15) is 0 Å². The van der Waals surface area contributed by atoms with E-state index in [4.69, 9.17) is 17.3 Å². The Balaban J connectivity index is 0. The summed E-state index contributed by atoms with van der Waals surface area (Å²) in [5.74, 6) is 0.678. The molecule has 1 nitrogen and oxygen atoms in total. The third kappa shape index (κ3) is 10.8. The van der Waals surface area contributed by atoms with Crippen LogP contribution in [0.2, 0.25) is 0 Å². The zero-order chi connectivity index (χ0) is 4.99. The highest BCUT2D eigenvalue weighted by atomic mass is 35.5. The molecular formula is C4H11Cl2N. The van der Waals surface area contributed by atoms with Crippen LogP contribution in [0.4, 0.5) is 0 Å². The second-order valence-electron chi connectivity index (χ2n) is 1.45. The molecular weight excluding hydrogens is 133 g/mol. The van der Waals surface area contributed by atoms with Crippen molar-refractivity contribution in [3.8, 4) is 0 Å². The quantitative estimate of drug-likeness (QED) is 0.582. The van der Waals surface area contributed by atoms with Crippen LogP contribution in [0.5, 0.6) is 0 Å². The van der Waals surface area contributed by atoms with Crippen LogP contribution in [0, 0.1) is 0 Å². The van der Waals surface area contributed by atoms with Crippen molar-refractivity contribution >= 4 is 24.0 Å². The maximum Gasteiger partial charge on any atom is 0.0238 e. The van der Waals surface area contributed by atoms with Gasteiger partial charge in [0.2, 0.25) is 0 Å². The van der Waals surface area contributed by atoms with Gasteiger partial charge < -0.3 is 5.73 Å². The van der Waals surface area contributed by atoms with Gasteiger partial charge in [0.05, 0.1) is 0 Å². The minimum Gasteiger partial charge on any atom is -0.328 e. The third-order valence-corrected chi connectivity index (χ3v) is 0.783. The van der Waals surface area contributed by atoms with E-state index in [0.29, 0.717) is 5.88 Å². The fourth-order valence-corrected chi connectivity index (χ4v) is 0.516. The molecule has 0 unspecified atom stereocenters. The lowest BCUT2D eigenvalue weighted by atomic mass is 10.3.